The average molecular weight is 268 g/mol. The number of hydrogen-bond donors (Lipinski definition) is 0. The van der Waals surface area contributed by atoms with E-state index in [-0.39, 0.29) is 5.38 Å². The largest absolute Gasteiger partial charge is 0.265 e. The molecule has 3 aromatic rings. The van der Waals surface area contributed by atoms with E-state index >= 15 is 0 Å². The van der Waals surface area contributed by atoms with Gasteiger partial charge in [-0.2, -0.15) is 0 Å². The summed E-state index contributed by atoms with van der Waals surface area (Å²) in [6.45, 7) is 0. The SMILES string of the molecule is ClC(Cc1ccncc1)c1ccc2ccccc2c1. The van der Waals surface area contributed by atoms with Crippen LogP contribution in [0.4, 0.5) is 0 Å². The third-order valence-corrected chi connectivity index (χ3v) is 3.71. The second-order valence-corrected chi connectivity index (χ2v) is 5.16. The van der Waals surface area contributed by atoms with E-state index in [2.05, 4.69) is 47.4 Å². The Kier molecular flexibility index (Phi) is 3.47. The second kappa shape index (κ2) is 5.41. The number of hydrogen-bond acceptors (Lipinski definition) is 1. The lowest BCUT2D eigenvalue weighted by molar-refractivity contribution is 0.918. The molecule has 0 saturated heterocycles. The minimum atomic E-state index is -0.00740. The lowest BCUT2D eigenvalue weighted by Crippen LogP contribution is -1.96. The van der Waals surface area contributed by atoms with Gasteiger partial charge in [0.1, 0.15) is 0 Å². The molecule has 0 aliphatic carbocycles. The quantitative estimate of drug-likeness (QED) is 0.624. The number of benzene rings is 2. The topological polar surface area (TPSA) is 12.9 Å². The van der Waals surface area contributed by atoms with Crippen molar-refractivity contribution in [2.24, 2.45) is 0 Å². The fourth-order valence-corrected chi connectivity index (χ4v) is 2.56. The van der Waals surface area contributed by atoms with Crippen LogP contribution in [-0.4, -0.2) is 4.98 Å². The summed E-state index contributed by atoms with van der Waals surface area (Å²) in [4.78, 5) is 4.02. The van der Waals surface area contributed by atoms with Crippen molar-refractivity contribution in [3.8, 4) is 0 Å². The molecule has 1 aromatic heterocycles. The van der Waals surface area contributed by atoms with Crippen molar-refractivity contribution in [2.45, 2.75) is 11.8 Å². The molecule has 0 spiro atoms. The molecule has 0 saturated carbocycles. The van der Waals surface area contributed by atoms with Gasteiger partial charge in [0, 0.05) is 12.4 Å². The normalized spacial score (nSPS) is 12.5. The fourth-order valence-electron chi connectivity index (χ4n) is 2.25. The van der Waals surface area contributed by atoms with Crippen LogP contribution in [0, 0.1) is 0 Å². The summed E-state index contributed by atoms with van der Waals surface area (Å²) in [6.07, 6.45) is 4.43. The molecule has 1 unspecified atom stereocenters. The van der Waals surface area contributed by atoms with E-state index in [1.54, 1.807) is 12.4 Å². The highest BCUT2D eigenvalue weighted by Crippen LogP contribution is 2.27. The Balaban J connectivity index is 1.87. The molecule has 2 heteroatoms. The predicted octanol–water partition coefficient (Wildman–Crippen LogP) is 4.76. The summed E-state index contributed by atoms with van der Waals surface area (Å²) in [5.41, 5.74) is 2.38. The molecule has 0 bridgehead atoms. The molecular formula is C17H14ClN. The maximum atomic E-state index is 6.52. The monoisotopic (exact) mass is 267 g/mol. The van der Waals surface area contributed by atoms with Crippen LogP contribution in [0.3, 0.4) is 0 Å². The predicted molar refractivity (Wildman–Crippen MR) is 80.5 cm³/mol. The molecule has 2 aromatic carbocycles. The van der Waals surface area contributed by atoms with Crippen molar-refractivity contribution in [1.29, 1.82) is 0 Å². The summed E-state index contributed by atoms with van der Waals surface area (Å²) in [7, 11) is 0. The van der Waals surface area contributed by atoms with Gasteiger partial charge >= 0.3 is 0 Å². The first-order chi connectivity index (χ1) is 9.33. The van der Waals surface area contributed by atoms with Crippen LogP contribution in [0.1, 0.15) is 16.5 Å². The zero-order valence-electron chi connectivity index (χ0n) is 10.5. The van der Waals surface area contributed by atoms with Gasteiger partial charge in [-0.05, 0) is 46.5 Å². The zero-order valence-corrected chi connectivity index (χ0v) is 11.2. The third-order valence-electron chi connectivity index (χ3n) is 3.30. The molecule has 1 atom stereocenters. The van der Waals surface area contributed by atoms with Crippen LogP contribution in [0.15, 0.2) is 67.0 Å². The van der Waals surface area contributed by atoms with Crippen LogP contribution < -0.4 is 0 Å². The summed E-state index contributed by atoms with van der Waals surface area (Å²) in [5.74, 6) is 0. The van der Waals surface area contributed by atoms with Crippen molar-refractivity contribution in [3.05, 3.63) is 78.1 Å². The van der Waals surface area contributed by atoms with Gasteiger partial charge < -0.3 is 0 Å². The van der Waals surface area contributed by atoms with E-state index in [0.717, 1.165) is 12.0 Å². The van der Waals surface area contributed by atoms with Gasteiger partial charge in [-0.1, -0.05) is 36.4 Å². The molecule has 3 rings (SSSR count). The maximum Gasteiger partial charge on any atom is 0.0625 e. The Hall–Kier alpha value is -1.86. The third kappa shape index (κ3) is 2.77. The van der Waals surface area contributed by atoms with Crippen molar-refractivity contribution >= 4 is 22.4 Å². The first-order valence-electron chi connectivity index (χ1n) is 6.34. The van der Waals surface area contributed by atoms with Crippen LogP contribution in [-0.2, 0) is 6.42 Å². The fraction of sp³-hybridized carbons (Fsp3) is 0.118. The minimum Gasteiger partial charge on any atom is -0.265 e. The number of pyridine rings is 1. The molecule has 0 aliphatic heterocycles. The highest BCUT2D eigenvalue weighted by Gasteiger charge is 2.09. The summed E-state index contributed by atoms with van der Waals surface area (Å²) >= 11 is 6.52. The Morgan fingerprint density at radius 1 is 0.895 bits per heavy atom. The number of halogens is 1. The van der Waals surface area contributed by atoms with E-state index in [1.165, 1.54) is 16.3 Å². The molecular weight excluding hydrogens is 254 g/mol. The van der Waals surface area contributed by atoms with Crippen molar-refractivity contribution < 1.29 is 0 Å². The number of alkyl halides is 1. The number of aromatic nitrogens is 1. The maximum absolute atomic E-state index is 6.52. The van der Waals surface area contributed by atoms with Crippen molar-refractivity contribution in [2.75, 3.05) is 0 Å². The van der Waals surface area contributed by atoms with Crippen LogP contribution in [0.2, 0.25) is 0 Å². The van der Waals surface area contributed by atoms with Crippen molar-refractivity contribution in [1.82, 2.24) is 4.98 Å². The Morgan fingerprint density at radius 3 is 2.42 bits per heavy atom. The van der Waals surface area contributed by atoms with E-state index in [4.69, 9.17) is 11.6 Å². The van der Waals surface area contributed by atoms with Gasteiger partial charge in [-0.25, -0.2) is 0 Å². The first-order valence-corrected chi connectivity index (χ1v) is 6.78. The molecule has 0 N–H and O–H groups in total. The molecule has 1 heterocycles. The molecule has 0 amide bonds. The second-order valence-electron chi connectivity index (χ2n) is 4.63. The smallest absolute Gasteiger partial charge is 0.0625 e. The Bertz CT molecular complexity index is 679. The molecule has 1 nitrogen and oxygen atoms in total. The molecule has 94 valence electrons. The van der Waals surface area contributed by atoms with Crippen LogP contribution in [0.5, 0.6) is 0 Å². The molecule has 0 radical (unpaired) electrons. The number of rotatable bonds is 3. The average Bonchev–Trinajstić information content (AvgIpc) is 2.48. The van der Waals surface area contributed by atoms with E-state index in [0.29, 0.717) is 0 Å². The molecule has 0 fully saturated rings. The molecule has 19 heavy (non-hydrogen) atoms. The lowest BCUT2D eigenvalue weighted by atomic mass is 10.0. The zero-order chi connectivity index (χ0) is 13.1. The van der Waals surface area contributed by atoms with Gasteiger partial charge in [0.15, 0.2) is 0 Å². The van der Waals surface area contributed by atoms with Gasteiger partial charge in [-0.3, -0.25) is 4.98 Å². The van der Waals surface area contributed by atoms with Crippen LogP contribution in [0.25, 0.3) is 10.8 Å². The highest BCUT2D eigenvalue weighted by atomic mass is 35.5. The summed E-state index contributed by atoms with van der Waals surface area (Å²) < 4.78 is 0. The lowest BCUT2D eigenvalue weighted by Gasteiger charge is -2.11. The molecule has 0 aliphatic rings. The minimum absolute atomic E-state index is 0.00740. The number of fused-ring (bicyclic) bond motifs is 1. The Morgan fingerprint density at radius 2 is 1.63 bits per heavy atom. The highest BCUT2D eigenvalue weighted by molar-refractivity contribution is 6.21. The summed E-state index contributed by atoms with van der Waals surface area (Å²) in [5, 5.41) is 2.48. The van der Waals surface area contributed by atoms with Gasteiger partial charge in [-0.15, -0.1) is 11.6 Å². The van der Waals surface area contributed by atoms with Crippen molar-refractivity contribution in [3.63, 3.8) is 0 Å². The Labute approximate surface area is 117 Å². The van der Waals surface area contributed by atoms with Gasteiger partial charge in [0.05, 0.1) is 5.38 Å². The standard InChI is InChI=1S/C17H14ClN/c18-17(11-13-7-9-19-10-8-13)16-6-5-14-3-1-2-4-15(14)12-16/h1-10,12,17H,11H2. The van der Waals surface area contributed by atoms with Crippen LogP contribution >= 0.6 is 11.6 Å². The van der Waals surface area contributed by atoms with Gasteiger partial charge in [0.2, 0.25) is 0 Å². The number of nitrogens with zero attached hydrogens (tertiary/aromatic N) is 1. The van der Waals surface area contributed by atoms with E-state index < -0.39 is 0 Å². The van der Waals surface area contributed by atoms with E-state index in [1.807, 2.05) is 12.1 Å². The first kappa shape index (κ1) is 12.2. The summed E-state index contributed by atoms with van der Waals surface area (Å²) in [6, 6.07) is 18.8. The van der Waals surface area contributed by atoms with E-state index in [9.17, 15) is 0 Å². The van der Waals surface area contributed by atoms with Gasteiger partial charge in [0.25, 0.3) is 0 Å².